The van der Waals surface area contributed by atoms with E-state index < -0.39 is 0 Å². The van der Waals surface area contributed by atoms with E-state index in [9.17, 15) is 9.59 Å². The Bertz CT molecular complexity index is 755. The molecule has 20 heavy (non-hydrogen) atoms. The second kappa shape index (κ2) is 4.96. The van der Waals surface area contributed by atoms with Crippen molar-refractivity contribution in [3.05, 3.63) is 62.8 Å². The smallest absolute Gasteiger partial charge is 0.339 e. The first-order valence-corrected chi connectivity index (χ1v) is 7.06. The summed E-state index contributed by atoms with van der Waals surface area (Å²) in [6, 6.07) is 9.01. The van der Waals surface area contributed by atoms with Gasteiger partial charge < -0.3 is 5.53 Å². The molecule has 0 saturated heterocycles. The molecule has 1 aliphatic rings. The molecule has 1 aliphatic carbocycles. The summed E-state index contributed by atoms with van der Waals surface area (Å²) in [7, 11) is 0. The Labute approximate surface area is 119 Å². The van der Waals surface area contributed by atoms with Gasteiger partial charge >= 0.3 is 5.71 Å². The van der Waals surface area contributed by atoms with Crippen molar-refractivity contribution in [1.82, 2.24) is 0 Å². The van der Waals surface area contributed by atoms with Crippen LogP contribution in [0.2, 0.25) is 0 Å². The van der Waals surface area contributed by atoms with Crippen molar-refractivity contribution in [2.24, 2.45) is 0 Å². The van der Waals surface area contributed by atoms with Gasteiger partial charge in [0.15, 0.2) is 0 Å². The van der Waals surface area contributed by atoms with Crippen LogP contribution in [0.25, 0.3) is 5.53 Å². The third-order valence-electron chi connectivity index (χ3n) is 3.38. The molecule has 0 radical (unpaired) electrons. The van der Waals surface area contributed by atoms with Gasteiger partial charge in [-0.05, 0) is 12.0 Å². The van der Waals surface area contributed by atoms with Crippen LogP contribution < -0.4 is 0 Å². The first-order chi connectivity index (χ1) is 9.72. The van der Waals surface area contributed by atoms with Gasteiger partial charge in [0.1, 0.15) is 0 Å². The summed E-state index contributed by atoms with van der Waals surface area (Å²) in [5.74, 6) is -0.342. The fourth-order valence-corrected chi connectivity index (χ4v) is 3.40. The lowest BCUT2D eigenvalue weighted by Crippen LogP contribution is -2.23. The minimum Gasteiger partial charge on any atom is -0.361 e. The molecule has 2 aromatic rings. The van der Waals surface area contributed by atoms with Crippen LogP contribution in [0.15, 0.2) is 35.7 Å². The van der Waals surface area contributed by atoms with Crippen LogP contribution in [-0.2, 0) is 6.42 Å². The highest BCUT2D eigenvalue weighted by atomic mass is 32.1. The Morgan fingerprint density at radius 1 is 1.20 bits per heavy atom. The quantitative estimate of drug-likeness (QED) is 0.482. The molecule has 1 heterocycles. The van der Waals surface area contributed by atoms with Gasteiger partial charge in [-0.25, -0.2) is 0 Å². The first kappa shape index (κ1) is 12.7. The largest absolute Gasteiger partial charge is 0.361 e. The zero-order valence-corrected chi connectivity index (χ0v) is 11.3. The lowest BCUT2D eigenvalue weighted by molar-refractivity contribution is -0.00943. The normalized spacial score (nSPS) is 13.8. The lowest BCUT2D eigenvalue weighted by atomic mass is 9.90. The Morgan fingerprint density at radius 2 is 1.95 bits per heavy atom. The molecule has 0 N–H and O–H groups in total. The highest BCUT2D eigenvalue weighted by molar-refractivity contribution is 7.13. The van der Waals surface area contributed by atoms with Crippen LogP contribution >= 0.6 is 11.3 Å². The molecule has 0 aliphatic heterocycles. The Morgan fingerprint density at radius 3 is 2.65 bits per heavy atom. The van der Waals surface area contributed by atoms with Crippen LogP contribution in [0, 0.1) is 0 Å². The Balaban J connectivity index is 2.05. The minimum atomic E-state index is -0.280. The van der Waals surface area contributed by atoms with E-state index in [2.05, 4.69) is 4.79 Å². The van der Waals surface area contributed by atoms with E-state index in [4.69, 9.17) is 5.53 Å². The summed E-state index contributed by atoms with van der Waals surface area (Å²) in [5, 5.41) is 1.68. The van der Waals surface area contributed by atoms with E-state index >= 15 is 0 Å². The summed E-state index contributed by atoms with van der Waals surface area (Å²) in [4.78, 5) is 28.1. The average molecular weight is 282 g/mol. The van der Waals surface area contributed by atoms with E-state index in [1.165, 1.54) is 11.3 Å². The van der Waals surface area contributed by atoms with Gasteiger partial charge in [0.25, 0.3) is 5.78 Å². The third-order valence-corrected chi connectivity index (χ3v) is 4.40. The van der Waals surface area contributed by atoms with Crippen LogP contribution in [0.1, 0.15) is 37.6 Å². The molecule has 98 valence electrons. The molecule has 4 nitrogen and oxygen atoms in total. The predicted octanol–water partition coefficient (Wildman–Crippen LogP) is 2.78. The second-order valence-electron chi connectivity index (χ2n) is 4.53. The van der Waals surface area contributed by atoms with E-state index in [0.717, 1.165) is 5.56 Å². The molecule has 0 amide bonds. The number of fused-ring (bicyclic) bond motifs is 1. The van der Waals surface area contributed by atoms with Crippen LogP contribution in [-0.4, -0.2) is 22.1 Å². The second-order valence-corrected chi connectivity index (χ2v) is 5.41. The molecule has 0 atom stereocenters. The maximum absolute atomic E-state index is 12.5. The molecule has 5 heteroatoms. The van der Waals surface area contributed by atoms with Gasteiger partial charge in [-0.3, -0.25) is 9.59 Å². The first-order valence-electron chi connectivity index (χ1n) is 6.18. The van der Waals surface area contributed by atoms with Gasteiger partial charge in [-0.15, -0.1) is 11.3 Å². The van der Waals surface area contributed by atoms with Gasteiger partial charge in [0.05, 0.1) is 11.3 Å². The number of Topliss-reactive ketones (excluding diaryl/α,β-unsaturated/α-hetero) is 1. The average Bonchev–Trinajstić information content (AvgIpc) is 2.92. The van der Waals surface area contributed by atoms with Crippen molar-refractivity contribution in [3.63, 3.8) is 0 Å². The molecule has 0 fully saturated rings. The predicted molar refractivity (Wildman–Crippen MR) is 75.5 cm³/mol. The molecule has 0 spiro atoms. The topological polar surface area (TPSA) is 70.5 Å². The lowest BCUT2D eigenvalue weighted by Gasteiger charge is -2.08. The Hall–Kier alpha value is -2.36. The highest BCUT2D eigenvalue weighted by Crippen LogP contribution is 2.30. The molecule has 0 saturated carbocycles. The van der Waals surface area contributed by atoms with Gasteiger partial charge in [-0.1, -0.05) is 30.3 Å². The fraction of sp³-hybridized carbons (Fsp3) is 0.133. The zero-order chi connectivity index (χ0) is 14.1. The minimum absolute atomic E-state index is 0.0611. The number of hydrogen-bond donors (Lipinski definition) is 0. The molecule has 0 unspecified atom stereocenters. The van der Waals surface area contributed by atoms with Crippen molar-refractivity contribution in [2.75, 3.05) is 0 Å². The van der Waals surface area contributed by atoms with Gasteiger partial charge in [0, 0.05) is 16.5 Å². The summed E-state index contributed by atoms with van der Waals surface area (Å²) in [6.45, 7) is 0. The number of thiophene rings is 1. The SMILES string of the molecule is [N-]=[N+]=C1CCc2c(csc2C(=O)c2ccccc2)C1=O. The third kappa shape index (κ3) is 1.93. The fourth-order valence-electron chi connectivity index (χ4n) is 2.34. The number of hydrogen-bond acceptors (Lipinski definition) is 3. The number of carbonyl (C=O) groups excluding carboxylic acids is 2. The van der Waals surface area contributed by atoms with E-state index in [-0.39, 0.29) is 17.3 Å². The number of carbonyl (C=O) groups is 2. The number of benzene rings is 1. The molecule has 0 bridgehead atoms. The molecule has 3 rings (SSSR count). The van der Waals surface area contributed by atoms with Crippen molar-refractivity contribution in [3.8, 4) is 0 Å². The standard InChI is InChI=1S/C15H10N2O2S/c16-17-12-7-6-10-11(14(12)19)8-20-15(10)13(18)9-4-2-1-3-5-9/h1-5,8H,6-7H2. The molecule has 1 aromatic carbocycles. The maximum Gasteiger partial charge on any atom is 0.339 e. The zero-order valence-electron chi connectivity index (χ0n) is 10.5. The number of rotatable bonds is 2. The highest BCUT2D eigenvalue weighted by Gasteiger charge is 2.33. The van der Waals surface area contributed by atoms with Gasteiger partial charge in [0.2, 0.25) is 5.78 Å². The number of ketones is 2. The number of nitrogens with zero attached hydrogens (tertiary/aromatic N) is 2. The molecule has 1 aromatic heterocycles. The van der Waals surface area contributed by atoms with Crippen molar-refractivity contribution in [1.29, 1.82) is 0 Å². The van der Waals surface area contributed by atoms with Crippen LogP contribution in [0.5, 0.6) is 0 Å². The van der Waals surface area contributed by atoms with Crippen LogP contribution in [0.4, 0.5) is 0 Å². The summed E-state index contributed by atoms with van der Waals surface area (Å²) in [6.07, 6.45) is 0.923. The summed E-state index contributed by atoms with van der Waals surface area (Å²) >= 11 is 1.28. The van der Waals surface area contributed by atoms with Crippen molar-refractivity contribution < 1.29 is 14.4 Å². The monoisotopic (exact) mass is 282 g/mol. The molecular formula is C15H10N2O2S. The van der Waals surface area contributed by atoms with E-state index in [1.807, 2.05) is 18.2 Å². The van der Waals surface area contributed by atoms with Gasteiger partial charge in [-0.2, -0.15) is 4.79 Å². The van der Waals surface area contributed by atoms with E-state index in [0.29, 0.717) is 28.8 Å². The Kier molecular flexibility index (Phi) is 3.14. The van der Waals surface area contributed by atoms with Crippen molar-refractivity contribution >= 4 is 28.6 Å². The van der Waals surface area contributed by atoms with Crippen LogP contribution in [0.3, 0.4) is 0 Å². The van der Waals surface area contributed by atoms with Crippen molar-refractivity contribution in [2.45, 2.75) is 12.8 Å². The summed E-state index contributed by atoms with van der Waals surface area (Å²) < 4.78 is 0. The van der Waals surface area contributed by atoms with E-state index in [1.54, 1.807) is 17.5 Å². The molecular weight excluding hydrogens is 272 g/mol. The maximum atomic E-state index is 12.5. The summed E-state index contributed by atoms with van der Waals surface area (Å²) in [5.41, 5.74) is 10.8.